The van der Waals surface area contributed by atoms with E-state index < -0.39 is 4.92 Å². The molecule has 0 radical (unpaired) electrons. The summed E-state index contributed by atoms with van der Waals surface area (Å²) >= 11 is 3.42. The molecule has 1 aromatic heterocycles. The molecule has 1 aliphatic carbocycles. The minimum Gasteiger partial charge on any atom is -0.365 e. The van der Waals surface area contributed by atoms with Gasteiger partial charge in [0.25, 0.3) is 5.69 Å². The molecule has 7 heteroatoms. The Labute approximate surface area is 125 Å². The van der Waals surface area contributed by atoms with Crippen LogP contribution in [0.3, 0.4) is 0 Å². The van der Waals surface area contributed by atoms with Gasteiger partial charge in [-0.15, -0.1) is 0 Å². The molecule has 0 bridgehead atoms. The standard InChI is InChI=1S/C13H17BrN4O2/c1-8-11(18(19)20)6-15-13(12(8)14)16-9-4-5-17(7-9)10-2-3-10/h6,9-10H,2-5,7H2,1H3,(H,15,16). The van der Waals surface area contributed by atoms with Gasteiger partial charge in [-0.25, -0.2) is 4.98 Å². The van der Waals surface area contributed by atoms with E-state index in [1.54, 1.807) is 6.92 Å². The Morgan fingerprint density at radius 1 is 1.50 bits per heavy atom. The molecule has 108 valence electrons. The summed E-state index contributed by atoms with van der Waals surface area (Å²) in [6, 6.07) is 1.16. The number of hydrogen-bond donors (Lipinski definition) is 1. The second kappa shape index (κ2) is 5.29. The van der Waals surface area contributed by atoms with Crippen LogP contribution < -0.4 is 5.32 Å². The number of aromatic nitrogens is 1. The van der Waals surface area contributed by atoms with Gasteiger partial charge in [-0.2, -0.15) is 0 Å². The van der Waals surface area contributed by atoms with Crippen molar-refractivity contribution in [2.24, 2.45) is 0 Å². The Morgan fingerprint density at radius 3 is 2.90 bits per heavy atom. The number of nitrogens with one attached hydrogen (secondary N) is 1. The second-order valence-electron chi connectivity index (χ2n) is 5.54. The Morgan fingerprint density at radius 2 is 2.25 bits per heavy atom. The van der Waals surface area contributed by atoms with E-state index in [0.29, 0.717) is 21.9 Å². The molecular formula is C13H17BrN4O2. The highest BCUT2D eigenvalue weighted by atomic mass is 79.9. The molecular weight excluding hydrogens is 324 g/mol. The van der Waals surface area contributed by atoms with Crippen LogP contribution in [0.15, 0.2) is 10.7 Å². The topological polar surface area (TPSA) is 71.3 Å². The van der Waals surface area contributed by atoms with Crippen molar-refractivity contribution in [3.8, 4) is 0 Å². The highest BCUT2D eigenvalue weighted by Crippen LogP contribution is 2.33. The lowest BCUT2D eigenvalue weighted by molar-refractivity contribution is -0.385. The number of rotatable bonds is 4. The average molecular weight is 341 g/mol. The minimum atomic E-state index is -0.402. The minimum absolute atomic E-state index is 0.0495. The van der Waals surface area contributed by atoms with E-state index in [9.17, 15) is 10.1 Å². The fraction of sp³-hybridized carbons (Fsp3) is 0.615. The number of anilines is 1. The summed E-state index contributed by atoms with van der Waals surface area (Å²) in [7, 11) is 0. The van der Waals surface area contributed by atoms with E-state index in [0.717, 1.165) is 25.6 Å². The highest BCUT2D eigenvalue weighted by Gasteiger charge is 2.34. The molecule has 0 aromatic carbocycles. The van der Waals surface area contributed by atoms with Crippen LogP contribution >= 0.6 is 15.9 Å². The Balaban J connectivity index is 1.71. The van der Waals surface area contributed by atoms with E-state index in [1.165, 1.54) is 19.0 Å². The molecule has 0 spiro atoms. The molecule has 2 aliphatic rings. The zero-order valence-electron chi connectivity index (χ0n) is 11.3. The SMILES string of the molecule is Cc1c([N+](=O)[O-])cnc(NC2CCN(C3CC3)C2)c1Br. The van der Waals surface area contributed by atoms with Crippen LogP contribution in [0.2, 0.25) is 0 Å². The lowest BCUT2D eigenvalue weighted by Gasteiger charge is -2.17. The van der Waals surface area contributed by atoms with Crippen molar-refractivity contribution < 1.29 is 4.92 Å². The maximum absolute atomic E-state index is 10.9. The molecule has 0 amide bonds. The molecule has 1 atom stereocenters. The van der Waals surface area contributed by atoms with Gasteiger partial charge in [0.1, 0.15) is 12.0 Å². The molecule has 3 rings (SSSR count). The van der Waals surface area contributed by atoms with Gasteiger partial charge >= 0.3 is 0 Å². The van der Waals surface area contributed by atoms with Gasteiger partial charge in [0.2, 0.25) is 0 Å². The molecule has 20 heavy (non-hydrogen) atoms. The third-order valence-electron chi connectivity index (χ3n) is 4.06. The maximum Gasteiger partial charge on any atom is 0.291 e. The van der Waals surface area contributed by atoms with Crippen molar-refractivity contribution in [3.63, 3.8) is 0 Å². The third-order valence-corrected chi connectivity index (χ3v) is 5.03. The highest BCUT2D eigenvalue weighted by molar-refractivity contribution is 9.10. The number of halogens is 1. The first-order valence-electron chi connectivity index (χ1n) is 6.86. The summed E-state index contributed by atoms with van der Waals surface area (Å²) in [6.45, 7) is 3.90. The summed E-state index contributed by atoms with van der Waals surface area (Å²) in [6.07, 6.45) is 5.08. The van der Waals surface area contributed by atoms with E-state index in [4.69, 9.17) is 0 Å². The van der Waals surface area contributed by atoms with Gasteiger partial charge in [0.15, 0.2) is 0 Å². The zero-order valence-corrected chi connectivity index (χ0v) is 12.9. The largest absolute Gasteiger partial charge is 0.365 e. The second-order valence-corrected chi connectivity index (χ2v) is 6.34. The van der Waals surface area contributed by atoms with Gasteiger partial charge in [-0.1, -0.05) is 0 Å². The van der Waals surface area contributed by atoms with Crippen molar-refractivity contribution >= 4 is 27.4 Å². The van der Waals surface area contributed by atoms with E-state index >= 15 is 0 Å². The summed E-state index contributed by atoms with van der Waals surface area (Å²) in [5, 5.41) is 14.3. The van der Waals surface area contributed by atoms with Crippen LogP contribution in [0.4, 0.5) is 11.5 Å². The first-order valence-corrected chi connectivity index (χ1v) is 7.65. The lowest BCUT2D eigenvalue weighted by Crippen LogP contribution is -2.28. The monoisotopic (exact) mass is 340 g/mol. The molecule has 1 N–H and O–H groups in total. The predicted molar refractivity (Wildman–Crippen MR) is 80.0 cm³/mol. The van der Waals surface area contributed by atoms with Crippen LogP contribution in [0.5, 0.6) is 0 Å². The summed E-state index contributed by atoms with van der Waals surface area (Å²) in [5.41, 5.74) is 0.665. The fourth-order valence-electron chi connectivity index (χ4n) is 2.72. The van der Waals surface area contributed by atoms with Gasteiger partial charge in [0, 0.05) is 30.7 Å². The van der Waals surface area contributed by atoms with Crippen LogP contribution in [0.1, 0.15) is 24.8 Å². The van der Waals surface area contributed by atoms with Crippen molar-refractivity contribution in [2.45, 2.75) is 38.3 Å². The molecule has 6 nitrogen and oxygen atoms in total. The van der Waals surface area contributed by atoms with Crippen LogP contribution in [0, 0.1) is 17.0 Å². The Kier molecular flexibility index (Phi) is 3.64. The number of likely N-dealkylation sites (tertiary alicyclic amines) is 1. The molecule has 1 saturated carbocycles. The smallest absolute Gasteiger partial charge is 0.291 e. The third kappa shape index (κ3) is 2.64. The molecule has 2 fully saturated rings. The Bertz CT molecular complexity index is 547. The van der Waals surface area contributed by atoms with E-state index in [2.05, 4.69) is 31.1 Å². The first-order chi connectivity index (χ1) is 9.56. The molecule has 1 saturated heterocycles. The summed E-state index contributed by atoms with van der Waals surface area (Å²) in [5.74, 6) is 0.704. The van der Waals surface area contributed by atoms with Crippen molar-refractivity contribution in [3.05, 3.63) is 26.3 Å². The quantitative estimate of drug-likeness (QED) is 0.673. The number of nitro groups is 1. The molecule has 1 aliphatic heterocycles. The first kappa shape index (κ1) is 13.8. The number of pyridine rings is 1. The van der Waals surface area contributed by atoms with Crippen molar-refractivity contribution in [1.82, 2.24) is 9.88 Å². The van der Waals surface area contributed by atoms with Crippen molar-refractivity contribution in [2.75, 3.05) is 18.4 Å². The average Bonchev–Trinajstić information content (AvgIpc) is 3.15. The number of nitrogens with zero attached hydrogens (tertiary/aromatic N) is 3. The van der Waals surface area contributed by atoms with Crippen LogP contribution in [-0.4, -0.2) is 40.0 Å². The Hall–Kier alpha value is -1.21. The lowest BCUT2D eigenvalue weighted by atomic mass is 10.2. The van der Waals surface area contributed by atoms with Gasteiger partial charge in [-0.05, 0) is 42.1 Å². The summed E-state index contributed by atoms with van der Waals surface area (Å²) < 4.78 is 0.691. The van der Waals surface area contributed by atoms with E-state index in [-0.39, 0.29) is 5.69 Å². The molecule has 2 heterocycles. The maximum atomic E-state index is 10.9. The van der Waals surface area contributed by atoms with Gasteiger partial charge in [-0.3, -0.25) is 15.0 Å². The zero-order chi connectivity index (χ0) is 14.3. The van der Waals surface area contributed by atoms with Crippen molar-refractivity contribution in [1.29, 1.82) is 0 Å². The summed E-state index contributed by atoms with van der Waals surface area (Å²) in [4.78, 5) is 17.2. The van der Waals surface area contributed by atoms with Crippen LogP contribution in [0.25, 0.3) is 0 Å². The normalized spacial score (nSPS) is 23.0. The predicted octanol–water partition coefficient (Wildman–Crippen LogP) is 2.71. The van der Waals surface area contributed by atoms with Crippen LogP contribution in [-0.2, 0) is 0 Å². The molecule has 1 aromatic rings. The van der Waals surface area contributed by atoms with Gasteiger partial charge < -0.3 is 5.32 Å². The molecule has 1 unspecified atom stereocenters. The van der Waals surface area contributed by atoms with Gasteiger partial charge in [0.05, 0.1) is 9.40 Å². The fourth-order valence-corrected chi connectivity index (χ4v) is 3.14. The number of hydrogen-bond acceptors (Lipinski definition) is 5. The van der Waals surface area contributed by atoms with E-state index in [1.807, 2.05) is 0 Å².